The lowest BCUT2D eigenvalue weighted by Crippen LogP contribution is -2.30. The van der Waals surface area contributed by atoms with Crippen LogP contribution in [0.5, 0.6) is 11.5 Å². The topological polar surface area (TPSA) is 76.1 Å². The van der Waals surface area contributed by atoms with E-state index in [1.165, 1.54) is 43.3 Å². The summed E-state index contributed by atoms with van der Waals surface area (Å²) in [6.07, 6.45) is 0. The first kappa shape index (κ1) is 19.7. The molecular weight excluding hydrogens is 409 g/mol. The molecule has 0 aliphatic carbocycles. The number of hydrogen-bond donors (Lipinski definition) is 1. The fourth-order valence-electron chi connectivity index (χ4n) is 2.16. The number of amides is 1. The Labute approximate surface area is 158 Å². The van der Waals surface area contributed by atoms with Gasteiger partial charge in [-0.15, -0.1) is 0 Å². The van der Waals surface area contributed by atoms with Crippen LogP contribution in [0.15, 0.2) is 40.9 Å². The molecular formula is C18H17BrFNO5. The number of esters is 1. The number of phenols is 1. The smallest absolute Gasteiger partial charge is 0.342 e. The van der Waals surface area contributed by atoms with Gasteiger partial charge in [-0.1, -0.05) is 22.0 Å². The maximum absolute atomic E-state index is 13.7. The highest BCUT2D eigenvalue weighted by atomic mass is 79.9. The Balaban J connectivity index is 1.93. The minimum absolute atomic E-state index is 0.0490. The molecule has 0 saturated carbocycles. The second-order valence-electron chi connectivity index (χ2n) is 5.46. The molecule has 138 valence electrons. The van der Waals surface area contributed by atoms with Gasteiger partial charge in [0.05, 0.1) is 7.11 Å². The number of carbonyl (C=O) groups excluding carboxylic acids is 2. The molecule has 0 aliphatic heterocycles. The second-order valence-corrected chi connectivity index (χ2v) is 6.37. The number of carbonyl (C=O) groups is 2. The first-order chi connectivity index (χ1) is 12.3. The lowest BCUT2D eigenvalue weighted by Gasteiger charge is -2.17. The van der Waals surface area contributed by atoms with Gasteiger partial charge in [-0.25, -0.2) is 9.18 Å². The predicted molar refractivity (Wildman–Crippen MR) is 95.5 cm³/mol. The maximum Gasteiger partial charge on any atom is 0.342 e. The number of nitrogens with zero attached hydrogens (tertiary/aromatic N) is 1. The van der Waals surface area contributed by atoms with Gasteiger partial charge >= 0.3 is 5.97 Å². The molecule has 1 amide bonds. The number of methoxy groups -OCH3 is 1. The summed E-state index contributed by atoms with van der Waals surface area (Å²) < 4.78 is 24.1. The van der Waals surface area contributed by atoms with Crippen molar-refractivity contribution in [1.82, 2.24) is 4.90 Å². The summed E-state index contributed by atoms with van der Waals surface area (Å²) in [6, 6.07) is 8.68. The summed E-state index contributed by atoms with van der Waals surface area (Å²) in [6.45, 7) is -0.362. The molecule has 0 fully saturated rings. The van der Waals surface area contributed by atoms with Crippen LogP contribution in [-0.2, 0) is 16.1 Å². The van der Waals surface area contributed by atoms with Gasteiger partial charge < -0.3 is 19.5 Å². The second kappa shape index (κ2) is 8.66. The standard InChI is InChI=1S/C18H17BrFNO5/c1-21(9-11-3-6-16(25-2)14(20)7-11)17(23)10-26-18(24)13-8-12(19)4-5-15(13)22/h3-8,22H,9-10H2,1-2H3. The van der Waals surface area contributed by atoms with Crippen molar-refractivity contribution < 1.29 is 28.6 Å². The highest BCUT2D eigenvalue weighted by Crippen LogP contribution is 2.22. The highest BCUT2D eigenvalue weighted by Gasteiger charge is 2.17. The van der Waals surface area contributed by atoms with Crippen molar-refractivity contribution in [1.29, 1.82) is 0 Å². The van der Waals surface area contributed by atoms with E-state index in [0.29, 0.717) is 10.0 Å². The Morgan fingerprint density at radius 2 is 1.96 bits per heavy atom. The predicted octanol–water partition coefficient (Wildman–Crippen LogP) is 3.12. The maximum atomic E-state index is 13.7. The van der Waals surface area contributed by atoms with Crippen LogP contribution in [0.4, 0.5) is 4.39 Å². The number of likely N-dealkylation sites (N-methyl/N-ethyl adjacent to an activating group) is 1. The molecule has 0 bridgehead atoms. The average Bonchev–Trinajstić information content (AvgIpc) is 2.61. The van der Waals surface area contributed by atoms with Crippen molar-refractivity contribution in [3.63, 3.8) is 0 Å². The molecule has 0 aliphatic rings. The van der Waals surface area contributed by atoms with Crippen molar-refractivity contribution in [3.8, 4) is 11.5 Å². The van der Waals surface area contributed by atoms with E-state index in [2.05, 4.69) is 15.9 Å². The lowest BCUT2D eigenvalue weighted by molar-refractivity contribution is -0.133. The van der Waals surface area contributed by atoms with Crippen LogP contribution in [0.3, 0.4) is 0 Å². The summed E-state index contributed by atoms with van der Waals surface area (Å²) in [7, 11) is 2.88. The van der Waals surface area contributed by atoms with Crippen LogP contribution >= 0.6 is 15.9 Å². The van der Waals surface area contributed by atoms with Crippen LogP contribution in [-0.4, -0.2) is 42.6 Å². The van der Waals surface area contributed by atoms with Crippen LogP contribution in [0, 0.1) is 5.82 Å². The van der Waals surface area contributed by atoms with Gasteiger partial charge in [-0.05, 0) is 35.9 Å². The van der Waals surface area contributed by atoms with E-state index >= 15 is 0 Å². The van der Waals surface area contributed by atoms with E-state index in [4.69, 9.17) is 9.47 Å². The molecule has 0 atom stereocenters. The van der Waals surface area contributed by atoms with Gasteiger partial charge in [0.15, 0.2) is 18.2 Å². The third-order valence-corrected chi connectivity index (χ3v) is 4.06. The summed E-state index contributed by atoms with van der Waals surface area (Å²) in [4.78, 5) is 25.4. The van der Waals surface area contributed by atoms with E-state index in [1.807, 2.05) is 0 Å². The van der Waals surface area contributed by atoms with Crippen molar-refractivity contribution in [2.24, 2.45) is 0 Å². The molecule has 26 heavy (non-hydrogen) atoms. The van der Waals surface area contributed by atoms with E-state index in [1.54, 1.807) is 12.1 Å². The molecule has 0 aromatic heterocycles. The first-order valence-corrected chi connectivity index (χ1v) is 8.33. The Kier molecular flexibility index (Phi) is 6.57. The number of phenolic OH excluding ortho intramolecular Hbond substituents is 1. The van der Waals surface area contributed by atoms with Gasteiger partial charge in [0, 0.05) is 18.1 Å². The fourth-order valence-corrected chi connectivity index (χ4v) is 2.52. The first-order valence-electron chi connectivity index (χ1n) is 7.54. The van der Waals surface area contributed by atoms with Gasteiger partial charge in [0.2, 0.25) is 0 Å². The molecule has 0 unspecified atom stereocenters. The molecule has 1 N–H and O–H groups in total. The summed E-state index contributed by atoms with van der Waals surface area (Å²) >= 11 is 3.19. The normalized spacial score (nSPS) is 10.3. The largest absolute Gasteiger partial charge is 0.507 e. The van der Waals surface area contributed by atoms with Crippen molar-refractivity contribution >= 4 is 27.8 Å². The number of hydrogen-bond acceptors (Lipinski definition) is 5. The zero-order valence-corrected chi connectivity index (χ0v) is 15.7. The zero-order valence-electron chi connectivity index (χ0n) is 14.2. The zero-order chi connectivity index (χ0) is 19.3. The fraction of sp³-hybridized carbons (Fsp3) is 0.222. The van der Waals surface area contributed by atoms with Gasteiger partial charge in [-0.3, -0.25) is 4.79 Å². The molecule has 8 heteroatoms. The van der Waals surface area contributed by atoms with Crippen LogP contribution in [0.25, 0.3) is 0 Å². The molecule has 0 heterocycles. The molecule has 2 rings (SSSR count). The third kappa shape index (κ3) is 4.95. The molecule has 2 aromatic carbocycles. The molecule has 2 aromatic rings. The Morgan fingerprint density at radius 3 is 2.62 bits per heavy atom. The Morgan fingerprint density at radius 1 is 1.23 bits per heavy atom. The number of rotatable bonds is 6. The molecule has 0 saturated heterocycles. The van der Waals surface area contributed by atoms with Gasteiger partial charge in [0.1, 0.15) is 11.3 Å². The highest BCUT2D eigenvalue weighted by molar-refractivity contribution is 9.10. The summed E-state index contributed by atoms with van der Waals surface area (Å²) in [5, 5.41) is 9.68. The van der Waals surface area contributed by atoms with E-state index in [0.717, 1.165) is 0 Å². The number of benzene rings is 2. The minimum Gasteiger partial charge on any atom is -0.507 e. The van der Waals surface area contributed by atoms with E-state index < -0.39 is 24.3 Å². The van der Waals surface area contributed by atoms with E-state index in [-0.39, 0.29) is 23.6 Å². The summed E-state index contributed by atoms with van der Waals surface area (Å²) in [5.74, 6) is -1.94. The number of halogens is 2. The number of aromatic hydroxyl groups is 1. The van der Waals surface area contributed by atoms with Crippen molar-refractivity contribution in [2.75, 3.05) is 20.8 Å². The molecule has 0 radical (unpaired) electrons. The van der Waals surface area contributed by atoms with E-state index in [9.17, 15) is 19.1 Å². The lowest BCUT2D eigenvalue weighted by atomic mass is 10.2. The van der Waals surface area contributed by atoms with Crippen molar-refractivity contribution in [2.45, 2.75) is 6.54 Å². The monoisotopic (exact) mass is 425 g/mol. The summed E-state index contributed by atoms with van der Waals surface area (Å²) in [5.41, 5.74) is 0.516. The molecule has 0 spiro atoms. The van der Waals surface area contributed by atoms with Gasteiger partial charge in [0.25, 0.3) is 5.91 Å². The van der Waals surface area contributed by atoms with Crippen molar-refractivity contribution in [3.05, 3.63) is 57.8 Å². The van der Waals surface area contributed by atoms with Crippen LogP contribution in [0.1, 0.15) is 15.9 Å². The molecule has 6 nitrogen and oxygen atoms in total. The Bertz CT molecular complexity index is 827. The third-order valence-electron chi connectivity index (χ3n) is 3.57. The average molecular weight is 426 g/mol. The van der Waals surface area contributed by atoms with Gasteiger partial charge in [-0.2, -0.15) is 0 Å². The Hall–Kier alpha value is -2.61. The minimum atomic E-state index is -0.818. The van der Waals surface area contributed by atoms with Crippen LogP contribution in [0.2, 0.25) is 0 Å². The van der Waals surface area contributed by atoms with Crippen LogP contribution < -0.4 is 4.74 Å². The number of ether oxygens (including phenoxy) is 2. The quantitative estimate of drug-likeness (QED) is 0.719. The SMILES string of the molecule is COc1ccc(CN(C)C(=O)COC(=O)c2cc(Br)ccc2O)cc1F.